The summed E-state index contributed by atoms with van der Waals surface area (Å²) in [5.41, 5.74) is -5.24. The van der Waals surface area contributed by atoms with Crippen LogP contribution in [0.2, 0.25) is 0 Å². The predicted octanol–water partition coefficient (Wildman–Crippen LogP) is 6.71. The number of fused-ring (bicyclic) bond motifs is 1. The predicted molar refractivity (Wildman–Crippen MR) is 140 cm³/mol. The minimum absolute atomic E-state index is 0.0579. The largest absolute Gasteiger partial charge is 0.480 e. The fourth-order valence-electron chi connectivity index (χ4n) is 5.15. The van der Waals surface area contributed by atoms with Crippen molar-refractivity contribution in [3.8, 4) is 0 Å². The first-order chi connectivity index (χ1) is 21.3. The normalized spacial score (nSPS) is 17.1. The lowest BCUT2D eigenvalue weighted by Gasteiger charge is -2.43. The number of aliphatic carboxylic acids is 1. The van der Waals surface area contributed by atoms with Crippen LogP contribution in [0, 0.1) is 0 Å². The third-order valence-electron chi connectivity index (χ3n) is 7.12. The molecular weight excluding hydrogens is 643 g/mol. The van der Waals surface area contributed by atoms with Crippen LogP contribution < -0.4 is 9.80 Å². The molecule has 3 aromatic rings. The summed E-state index contributed by atoms with van der Waals surface area (Å²) in [6.45, 7) is 1.43. The van der Waals surface area contributed by atoms with Crippen molar-refractivity contribution < 1.29 is 58.9 Å². The number of tetrazole rings is 1. The van der Waals surface area contributed by atoms with E-state index in [0.717, 1.165) is 15.9 Å². The summed E-state index contributed by atoms with van der Waals surface area (Å²) in [7, 11) is 0. The Bertz CT molecular complexity index is 1560. The van der Waals surface area contributed by atoms with E-state index in [2.05, 4.69) is 15.4 Å². The number of carbonyl (C=O) groups is 2. The fourth-order valence-corrected chi connectivity index (χ4v) is 5.15. The maximum absolute atomic E-state index is 13.9. The number of nitrogens with zero attached hydrogens (tertiary/aromatic N) is 6. The van der Waals surface area contributed by atoms with E-state index in [1.165, 1.54) is 6.92 Å². The molecule has 1 aliphatic heterocycles. The van der Waals surface area contributed by atoms with E-state index in [-0.39, 0.29) is 36.8 Å². The molecule has 46 heavy (non-hydrogen) atoms. The van der Waals surface area contributed by atoms with Crippen LogP contribution in [0.15, 0.2) is 36.4 Å². The molecule has 0 spiro atoms. The molecule has 0 fully saturated rings. The number of carbonyl (C=O) groups excluding carboxylic acids is 1. The van der Waals surface area contributed by atoms with Gasteiger partial charge in [0.05, 0.1) is 35.0 Å². The first kappa shape index (κ1) is 34.3. The van der Waals surface area contributed by atoms with E-state index in [9.17, 15) is 49.1 Å². The van der Waals surface area contributed by atoms with Gasteiger partial charge < -0.3 is 14.7 Å². The summed E-state index contributed by atoms with van der Waals surface area (Å²) < 4.78 is 129. The first-order valence-corrected chi connectivity index (χ1v) is 13.5. The second kappa shape index (κ2) is 12.7. The maximum Gasteiger partial charge on any atom is 0.416 e. The van der Waals surface area contributed by atoms with Gasteiger partial charge in [-0.15, -0.1) is 5.10 Å². The second-order valence-corrected chi connectivity index (χ2v) is 10.2. The standard InChI is InChI=1S/C27H25F9N6O4/c1-3-18-11-21(19-10-15(25(28,29)30)5-6-20(19)42(18)24(45)46-4-2)40(23-37-39-41(38-23)13-22(43)44)12-14-7-16(26(31,32)33)9-17(8-14)27(34,35)36/h5-10,18,21H,3-4,11-13H2,1-2H3,(H,43,44). The lowest BCUT2D eigenvalue weighted by molar-refractivity contribution is -0.143. The number of amides is 1. The van der Waals surface area contributed by atoms with Gasteiger partial charge in [-0.05, 0) is 72.5 Å². The highest BCUT2D eigenvalue weighted by Crippen LogP contribution is 2.46. The van der Waals surface area contributed by atoms with Gasteiger partial charge in [-0.2, -0.15) is 44.3 Å². The highest BCUT2D eigenvalue weighted by Gasteiger charge is 2.43. The lowest BCUT2D eigenvalue weighted by Crippen LogP contribution is -2.48. The second-order valence-electron chi connectivity index (χ2n) is 10.2. The van der Waals surface area contributed by atoms with Crippen molar-refractivity contribution in [2.75, 3.05) is 16.4 Å². The number of carboxylic acid groups (broad SMARTS) is 1. The first-order valence-electron chi connectivity index (χ1n) is 13.5. The Morgan fingerprint density at radius 2 is 1.54 bits per heavy atom. The molecular formula is C27H25F9N6O4. The van der Waals surface area contributed by atoms with Crippen LogP contribution in [0.25, 0.3) is 0 Å². The smallest absolute Gasteiger partial charge is 0.416 e. The molecule has 0 saturated carbocycles. The third-order valence-corrected chi connectivity index (χ3v) is 7.12. The summed E-state index contributed by atoms with van der Waals surface area (Å²) in [5, 5.41) is 20.3. The van der Waals surface area contributed by atoms with Gasteiger partial charge in [-0.1, -0.05) is 12.0 Å². The Hall–Kier alpha value is -4.58. The Morgan fingerprint density at radius 3 is 2.07 bits per heavy atom. The van der Waals surface area contributed by atoms with Crippen LogP contribution in [0.4, 0.5) is 55.9 Å². The number of alkyl halides is 9. The number of hydrogen-bond acceptors (Lipinski definition) is 7. The molecule has 1 aromatic heterocycles. The number of halogens is 9. The summed E-state index contributed by atoms with van der Waals surface area (Å²) in [5.74, 6) is -1.92. The monoisotopic (exact) mass is 668 g/mol. The van der Waals surface area contributed by atoms with E-state index in [1.54, 1.807) is 6.92 Å². The Kier molecular flexibility index (Phi) is 9.44. The van der Waals surface area contributed by atoms with E-state index >= 15 is 0 Å². The topological polar surface area (TPSA) is 114 Å². The van der Waals surface area contributed by atoms with Crippen molar-refractivity contribution in [3.05, 3.63) is 64.2 Å². The van der Waals surface area contributed by atoms with Crippen LogP contribution in [-0.2, 0) is 41.1 Å². The van der Waals surface area contributed by atoms with Gasteiger partial charge in [0.25, 0.3) is 5.95 Å². The molecule has 2 unspecified atom stereocenters. The lowest BCUT2D eigenvalue weighted by atomic mass is 9.87. The van der Waals surface area contributed by atoms with Crippen molar-refractivity contribution in [2.45, 2.75) is 70.4 Å². The molecule has 0 bridgehead atoms. The number of hydrogen-bond donors (Lipinski definition) is 1. The minimum Gasteiger partial charge on any atom is -0.480 e. The molecule has 250 valence electrons. The van der Waals surface area contributed by atoms with Crippen LogP contribution in [0.1, 0.15) is 60.5 Å². The number of carboxylic acids is 1. The van der Waals surface area contributed by atoms with Gasteiger partial charge in [0, 0.05) is 12.6 Å². The van der Waals surface area contributed by atoms with Gasteiger partial charge in [0.15, 0.2) is 6.54 Å². The van der Waals surface area contributed by atoms with E-state index in [0.29, 0.717) is 29.1 Å². The Balaban J connectivity index is 1.96. The van der Waals surface area contributed by atoms with Crippen LogP contribution in [-0.4, -0.2) is 50.0 Å². The number of ether oxygens (including phenoxy) is 1. The van der Waals surface area contributed by atoms with Crippen LogP contribution >= 0.6 is 0 Å². The molecule has 19 heteroatoms. The van der Waals surface area contributed by atoms with Gasteiger partial charge in [0.2, 0.25) is 0 Å². The molecule has 1 aliphatic rings. The van der Waals surface area contributed by atoms with Gasteiger partial charge in [-0.3, -0.25) is 9.69 Å². The average molecular weight is 669 g/mol. The summed E-state index contributed by atoms with van der Waals surface area (Å²) in [4.78, 5) is 26.9. The SMILES string of the molecule is CCOC(=O)N1c2ccc(C(F)(F)F)cc2C(N(Cc2cc(C(F)(F)F)cc(C(F)(F)F)c2)c2nnn(CC(=O)O)n2)CC1CC. The van der Waals surface area contributed by atoms with E-state index in [4.69, 9.17) is 9.84 Å². The van der Waals surface area contributed by atoms with Crippen molar-refractivity contribution in [1.29, 1.82) is 0 Å². The molecule has 0 saturated heterocycles. The van der Waals surface area contributed by atoms with E-state index in [1.807, 2.05) is 0 Å². The van der Waals surface area contributed by atoms with Crippen LogP contribution in [0.5, 0.6) is 0 Å². The molecule has 0 aliphatic carbocycles. The number of anilines is 2. The molecule has 1 N–H and O–H groups in total. The van der Waals surface area contributed by atoms with Gasteiger partial charge in [0.1, 0.15) is 0 Å². The fraction of sp³-hybridized carbons (Fsp3) is 0.444. The molecule has 2 heterocycles. The average Bonchev–Trinajstić information content (AvgIpc) is 3.40. The molecule has 0 radical (unpaired) electrons. The third kappa shape index (κ3) is 7.44. The highest BCUT2D eigenvalue weighted by molar-refractivity contribution is 5.90. The van der Waals surface area contributed by atoms with E-state index < -0.39 is 84.0 Å². The molecule has 2 aromatic carbocycles. The quantitative estimate of drug-likeness (QED) is 0.264. The number of rotatable bonds is 8. The zero-order valence-corrected chi connectivity index (χ0v) is 23.9. The summed E-state index contributed by atoms with van der Waals surface area (Å²) in [6, 6.07) is 1.18. The van der Waals surface area contributed by atoms with Gasteiger partial charge in [-0.25, -0.2) is 4.79 Å². The zero-order valence-electron chi connectivity index (χ0n) is 23.9. The van der Waals surface area contributed by atoms with Crippen molar-refractivity contribution in [1.82, 2.24) is 20.2 Å². The van der Waals surface area contributed by atoms with Gasteiger partial charge >= 0.3 is 30.6 Å². The molecule has 2 atom stereocenters. The zero-order chi connectivity index (χ0) is 34.2. The van der Waals surface area contributed by atoms with Crippen molar-refractivity contribution in [3.63, 3.8) is 0 Å². The number of aromatic nitrogens is 4. The summed E-state index contributed by atoms with van der Waals surface area (Å²) >= 11 is 0. The van der Waals surface area contributed by atoms with Crippen molar-refractivity contribution in [2.24, 2.45) is 0 Å². The Morgan fingerprint density at radius 1 is 0.935 bits per heavy atom. The summed E-state index contributed by atoms with van der Waals surface area (Å²) in [6.07, 6.45) is -16.2. The van der Waals surface area contributed by atoms with Crippen molar-refractivity contribution >= 4 is 23.7 Å². The highest BCUT2D eigenvalue weighted by atomic mass is 19.4. The molecule has 10 nitrogen and oxygen atoms in total. The van der Waals surface area contributed by atoms with Crippen LogP contribution in [0.3, 0.4) is 0 Å². The maximum atomic E-state index is 13.9. The Labute approximate surface area is 254 Å². The number of benzene rings is 2. The minimum atomic E-state index is -5.20. The molecule has 1 amide bonds. The molecule has 4 rings (SSSR count).